The van der Waals surface area contributed by atoms with Gasteiger partial charge in [0.15, 0.2) is 0 Å². The molecule has 1 aromatic carbocycles. The zero-order valence-corrected chi connectivity index (χ0v) is 11.8. The van der Waals surface area contributed by atoms with Crippen LogP contribution in [0, 0.1) is 5.41 Å². The van der Waals surface area contributed by atoms with Crippen LogP contribution in [0.3, 0.4) is 0 Å². The Morgan fingerprint density at radius 1 is 1.22 bits per heavy atom. The molecule has 2 nitrogen and oxygen atoms in total. The molecule has 0 bridgehead atoms. The second kappa shape index (κ2) is 5.85. The highest BCUT2D eigenvalue weighted by Gasteiger charge is 2.16. The van der Waals surface area contributed by atoms with Crippen molar-refractivity contribution in [2.24, 2.45) is 11.1 Å². The Morgan fingerprint density at radius 2 is 2.00 bits per heavy atom. The van der Waals surface area contributed by atoms with Gasteiger partial charge in [-0.15, -0.1) is 0 Å². The topological polar surface area (TPSA) is 38.0 Å². The zero-order chi connectivity index (χ0) is 13.0. The molecule has 0 saturated heterocycles. The minimum atomic E-state index is 0.297. The number of hydrogen-bond donors (Lipinski definition) is 2. The summed E-state index contributed by atoms with van der Waals surface area (Å²) < 4.78 is 0. The van der Waals surface area contributed by atoms with Gasteiger partial charge in [-0.25, -0.2) is 0 Å². The predicted octanol–water partition coefficient (Wildman–Crippen LogP) is 2.64. The molecule has 0 aliphatic heterocycles. The molecule has 1 aromatic rings. The molecule has 0 spiro atoms. The molecular formula is C16H26N2. The highest BCUT2D eigenvalue weighted by Crippen LogP contribution is 2.23. The van der Waals surface area contributed by atoms with Gasteiger partial charge in [-0.3, -0.25) is 0 Å². The lowest BCUT2D eigenvalue weighted by atomic mass is 9.89. The Hall–Kier alpha value is -0.860. The molecule has 0 heterocycles. The molecule has 2 heteroatoms. The molecule has 0 atom stereocenters. The monoisotopic (exact) mass is 246 g/mol. The van der Waals surface area contributed by atoms with Gasteiger partial charge in [0.25, 0.3) is 0 Å². The van der Waals surface area contributed by atoms with E-state index < -0.39 is 0 Å². The van der Waals surface area contributed by atoms with E-state index in [1.807, 2.05) is 0 Å². The van der Waals surface area contributed by atoms with Crippen LogP contribution in [0.15, 0.2) is 18.2 Å². The minimum absolute atomic E-state index is 0.297. The summed E-state index contributed by atoms with van der Waals surface area (Å²) >= 11 is 0. The van der Waals surface area contributed by atoms with E-state index in [4.69, 9.17) is 5.73 Å². The normalized spacial score (nSPS) is 14.8. The number of rotatable bonds is 6. The molecule has 0 amide bonds. The first kappa shape index (κ1) is 13.6. The van der Waals surface area contributed by atoms with Crippen LogP contribution in [0.25, 0.3) is 0 Å². The average Bonchev–Trinajstić information content (AvgIpc) is 2.75. The van der Waals surface area contributed by atoms with Gasteiger partial charge >= 0.3 is 0 Å². The molecule has 1 aliphatic carbocycles. The fourth-order valence-electron chi connectivity index (χ4n) is 2.76. The number of hydrogen-bond acceptors (Lipinski definition) is 2. The number of nitrogens with one attached hydrogen (secondary N) is 1. The lowest BCUT2D eigenvalue weighted by molar-refractivity contribution is 0.319. The smallest absolute Gasteiger partial charge is 0.0205 e. The van der Waals surface area contributed by atoms with E-state index in [0.29, 0.717) is 5.41 Å². The van der Waals surface area contributed by atoms with Crippen molar-refractivity contribution in [1.29, 1.82) is 0 Å². The highest BCUT2D eigenvalue weighted by atomic mass is 14.9. The predicted molar refractivity (Wildman–Crippen MR) is 77.6 cm³/mol. The van der Waals surface area contributed by atoms with Crippen molar-refractivity contribution >= 4 is 0 Å². The number of nitrogens with two attached hydrogens (primary N) is 1. The zero-order valence-electron chi connectivity index (χ0n) is 11.8. The Labute approximate surface area is 111 Å². The van der Waals surface area contributed by atoms with Crippen molar-refractivity contribution in [1.82, 2.24) is 5.32 Å². The van der Waals surface area contributed by atoms with Gasteiger partial charge in [0.1, 0.15) is 0 Å². The van der Waals surface area contributed by atoms with Crippen LogP contribution < -0.4 is 11.1 Å². The van der Waals surface area contributed by atoms with Crippen LogP contribution in [0.1, 0.15) is 43.4 Å². The largest absolute Gasteiger partial charge is 0.330 e. The third kappa shape index (κ3) is 3.56. The van der Waals surface area contributed by atoms with Crippen molar-refractivity contribution in [3.8, 4) is 0 Å². The standard InChI is InChI=1S/C16H26N2/c1-16(2,8-9-17)12-18-11-13-6-7-14-4-3-5-15(14)10-13/h6-7,10,18H,3-5,8-9,11-12,17H2,1-2H3. The van der Waals surface area contributed by atoms with Crippen molar-refractivity contribution < 1.29 is 0 Å². The minimum Gasteiger partial charge on any atom is -0.330 e. The summed E-state index contributed by atoms with van der Waals surface area (Å²) in [7, 11) is 0. The SMILES string of the molecule is CC(C)(CCN)CNCc1ccc2c(c1)CCC2. The molecule has 0 saturated carbocycles. The molecule has 0 radical (unpaired) electrons. The second-order valence-electron chi connectivity index (χ2n) is 6.26. The summed E-state index contributed by atoms with van der Waals surface area (Å²) in [6.07, 6.45) is 4.94. The lowest BCUT2D eigenvalue weighted by Crippen LogP contribution is -2.31. The van der Waals surface area contributed by atoms with Crippen molar-refractivity contribution in [3.05, 3.63) is 34.9 Å². The van der Waals surface area contributed by atoms with Gasteiger partial charge in [0, 0.05) is 13.1 Å². The Bertz CT molecular complexity index is 396. The van der Waals surface area contributed by atoms with Gasteiger partial charge in [-0.2, -0.15) is 0 Å². The maximum absolute atomic E-state index is 5.63. The Balaban J connectivity index is 1.84. The van der Waals surface area contributed by atoms with E-state index in [2.05, 4.69) is 37.4 Å². The van der Waals surface area contributed by atoms with E-state index in [1.165, 1.54) is 24.8 Å². The molecule has 0 aromatic heterocycles. The first-order valence-electron chi connectivity index (χ1n) is 7.12. The van der Waals surface area contributed by atoms with Crippen LogP contribution in [-0.2, 0) is 19.4 Å². The van der Waals surface area contributed by atoms with Crippen LogP contribution >= 0.6 is 0 Å². The summed E-state index contributed by atoms with van der Waals surface area (Å²) in [6.45, 7) is 7.32. The van der Waals surface area contributed by atoms with Gasteiger partial charge in [-0.05, 0) is 54.3 Å². The summed E-state index contributed by atoms with van der Waals surface area (Å²) in [5, 5.41) is 3.56. The number of fused-ring (bicyclic) bond motifs is 1. The van der Waals surface area contributed by atoms with Crippen LogP contribution in [0.4, 0.5) is 0 Å². The quantitative estimate of drug-likeness (QED) is 0.810. The fourth-order valence-corrected chi connectivity index (χ4v) is 2.76. The van der Waals surface area contributed by atoms with Crippen LogP contribution in [0.5, 0.6) is 0 Å². The molecule has 2 rings (SSSR count). The molecule has 18 heavy (non-hydrogen) atoms. The lowest BCUT2D eigenvalue weighted by Gasteiger charge is -2.24. The van der Waals surface area contributed by atoms with Gasteiger partial charge < -0.3 is 11.1 Å². The fraction of sp³-hybridized carbons (Fsp3) is 0.625. The van der Waals surface area contributed by atoms with E-state index in [-0.39, 0.29) is 0 Å². The maximum Gasteiger partial charge on any atom is 0.0205 e. The van der Waals surface area contributed by atoms with Gasteiger partial charge in [-0.1, -0.05) is 32.0 Å². The van der Waals surface area contributed by atoms with Gasteiger partial charge in [0.05, 0.1) is 0 Å². The maximum atomic E-state index is 5.63. The molecule has 100 valence electrons. The van der Waals surface area contributed by atoms with E-state index in [1.54, 1.807) is 11.1 Å². The van der Waals surface area contributed by atoms with E-state index in [0.717, 1.165) is 26.1 Å². The van der Waals surface area contributed by atoms with Crippen molar-refractivity contribution in [2.75, 3.05) is 13.1 Å². The van der Waals surface area contributed by atoms with Crippen LogP contribution in [-0.4, -0.2) is 13.1 Å². The van der Waals surface area contributed by atoms with E-state index in [9.17, 15) is 0 Å². The highest BCUT2D eigenvalue weighted by molar-refractivity contribution is 5.35. The number of benzene rings is 1. The molecule has 3 N–H and O–H groups in total. The average molecular weight is 246 g/mol. The summed E-state index contributed by atoms with van der Waals surface area (Å²) in [6, 6.07) is 6.96. The molecular weight excluding hydrogens is 220 g/mol. The van der Waals surface area contributed by atoms with E-state index >= 15 is 0 Å². The Morgan fingerprint density at radius 3 is 2.78 bits per heavy atom. The summed E-state index contributed by atoms with van der Waals surface area (Å²) in [5.74, 6) is 0. The molecule has 1 aliphatic rings. The Kier molecular flexibility index (Phi) is 4.41. The molecule has 0 fully saturated rings. The van der Waals surface area contributed by atoms with Crippen molar-refractivity contribution in [2.45, 2.75) is 46.1 Å². The number of aryl methyl sites for hydroxylation is 2. The second-order valence-corrected chi connectivity index (χ2v) is 6.26. The van der Waals surface area contributed by atoms with Crippen molar-refractivity contribution in [3.63, 3.8) is 0 Å². The third-order valence-corrected chi connectivity index (χ3v) is 3.92. The summed E-state index contributed by atoms with van der Waals surface area (Å²) in [5.41, 5.74) is 10.5. The molecule has 0 unspecified atom stereocenters. The first-order valence-corrected chi connectivity index (χ1v) is 7.12. The first-order chi connectivity index (χ1) is 8.61. The van der Waals surface area contributed by atoms with Crippen LogP contribution in [0.2, 0.25) is 0 Å². The summed E-state index contributed by atoms with van der Waals surface area (Å²) in [4.78, 5) is 0. The van der Waals surface area contributed by atoms with Gasteiger partial charge in [0.2, 0.25) is 0 Å². The third-order valence-electron chi connectivity index (χ3n) is 3.92.